The third-order valence-corrected chi connectivity index (χ3v) is 7.10. The molecule has 9 nitrogen and oxygen atoms in total. The Labute approximate surface area is 208 Å². The Morgan fingerprint density at radius 2 is 2.09 bits per heavy atom. The number of aliphatic hydroxyl groups excluding tert-OH is 1. The molecular formula is C23H32N6O3S2. The number of ether oxygens (including phenoxy) is 1. The highest BCUT2D eigenvalue weighted by molar-refractivity contribution is 7.85. The van der Waals surface area contributed by atoms with Gasteiger partial charge in [-0.1, -0.05) is 25.1 Å². The molecule has 1 aromatic carbocycles. The quantitative estimate of drug-likeness (QED) is 0.272. The Balaban J connectivity index is 2.09. The van der Waals surface area contributed by atoms with Gasteiger partial charge in [-0.2, -0.15) is 0 Å². The lowest BCUT2D eigenvalue weighted by Crippen LogP contribution is -2.37. The fraction of sp³-hybridized carbons (Fsp3) is 0.435. The minimum Gasteiger partial charge on any atom is -0.395 e. The minimum absolute atomic E-state index is 0.0693. The number of thiol groups is 1. The number of aliphatic hydroxyl groups is 1. The van der Waals surface area contributed by atoms with E-state index in [1.165, 1.54) is 6.21 Å². The van der Waals surface area contributed by atoms with Crippen molar-refractivity contribution < 1.29 is 14.1 Å². The molecule has 0 spiro atoms. The molecule has 3 rings (SSSR count). The zero-order valence-corrected chi connectivity index (χ0v) is 21.0. The molecule has 1 aliphatic rings. The zero-order chi connectivity index (χ0) is 24.5. The van der Waals surface area contributed by atoms with Crippen molar-refractivity contribution in [3.05, 3.63) is 40.4 Å². The minimum atomic E-state index is -1.43. The summed E-state index contributed by atoms with van der Waals surface area (Å²) < 4.78 is 20.0. The third kappa shape index (κ3) is 6.29. The number of aromatic nitrogens is 2. The average Bonchev–Trinajstić information content (AvgIpc) is 2.87. The fourth-order valence-corrected chi connectivity index (χ4v) is 5.07. The Morgan fingerprint density at radius 1 is 1.32 bits per heavy atom. The van der Waals surface area contributed by atoms with E-state index in [9.17, 15) is 9.32 Å². The molecule has 1 aliphatic heterocycles. The molecule has 0 amide bonds. The molecule has 0 bridgehead atoms. The predicted octanol–water partition coefficient (Wildman–Crippen LogP) is 2.06. The fourth-order valence-electron chi connectivity index (χ4n) is 3.71. The first-order valence-corrected chi connectivity index (χ1v) is 12.9. The van der Waals surface area contributed by atoms with E-state index in [-0.39, 0.29) is 6.61 Å². The van der Waals surface area contributed by atoms with Crippen molar-refractivity contribution in [2.75, 3.05) is 50.9 Å². The van der Waals surface area contributed by atoms with Gasteiger partial charge < -0.3 is 25.9 Å². The summed E-state index contributed by atoms with van der Waals surface area (Å²) in [6, 6.07) is 5.62. The van der Waals surface area contributed by atoms with Crippen LogP contribution in [-0.2, 0) is 22.3 Å². The first-order chi connectivity index (χ1) is 16.5. The maximum Gasteiger partial charge on any atom is 0.162 e. The lowest BCUT2D eigenvalue weighted by Gasteiger charge is -2.29. The highest BCUT2D eigenvalue weighted by Gasteiger charge is 2.21. The van der Waals surface area contributed by atoms with Crippen LogP contribution in [0.25, 0.3) is 17.5 Å². The largest absolute Gasteiger partial charge is 0.395 e. The number of benzene rings is 1. The molecule has 2 aromatic rings. The molecule has 0 radical (unpaired) electrons. The van der Waals surface area contributed by atoms with Crippen molar-refractivity contribution in [2.24, 2.45) is 5.73 Å². The predicted molar refractivity (Wildman–Crippen MR) is 140 cm³/mol. The van der Waals surface area contributed by atoms with Crippen LogP contribution in [0.1, 0.15) is 30.2 Å². The van der Waals surface area contributed by atoms with Gasteiger partial charge in [0.1, 0.15) is 16.8 Å². The zero-order valence-electron chi connectivity index (χ0n) is 19.3. The van der Waals surface area contributed by atoms with Gasteiger partial charge in [-0.3, -0.25) is 0 Å². The van der Waals surface area contributed by atoms with Gasteiger partial charge in [0, 0.05) is 55.5 Å². The second-order valence-corrected chi connectivity index (χ2v) is 9.45. The molecule has 184 valence electrons. The molecule has 4 N–H and O–H groups in total. The molecule has 1 unspecified atom stereocenters. The molecule has 11 heteroatoms. The first-order valence-electron chi connectivity index (χ1n) is 11.2. The molecule has 0 aliphatic carbocycles. The molecule has 1 fully saturated rings. The molecular weight excluding hydrogens is 472 g/mol. The summed E-state index contributed by atoms with van der Waals surface area (Å²) in [6.45, 7) is 5.66. The third-order valence-electron chi connectivity index (χ3n) is 5.42. The maximum atomic E-state index is 12.8. The van der Waals surface area contributed by atoms with Crippen LogP contribution in [0.5, 0.6) is 0 Å². The average molecular weight is 505 g/mol. The summed E-state index contributed by atoms with van der Waals surface area (Å²) in [5.41, 5.74) is 8.61. The van der Waals surface area contributed by atoms with E-state index < -0.39 is 11.0 Å². The lowest BCUT2D eigenvalue weighted by molar-refractivity contribution is 0.122. The highest BCUT2D eigenvalue weighted by Crippen LogP contribution is 2.31. The van der Waals surface area contributed by atoms with Crippen LogP contribution in [0.15, 0.2) is 28.5 Å². The van der Waals surface area contributed by atoms with Crippen LogP contribution >= 0.6 is 12.6 Å². The number of nitrogens with two attached hydrogens (primary N) is 1. The molecule has 1 atom stereocenters. The number of morpholine rings is 1. The number of anilines is 1. The Bertz CT molecular complexity index is 1040. The second kappa shape index (κ2) is 13.1. The van der Waals surface area contributed by atoms with E-state index in [0.29, 0.717) is 79.3 Å². The van der Waals surface area contributed by atoms with Crippen LogP contribution in [0, 0.1) is 5.41 Å². The van der Waals surface area contributed by atoms with Crippen LogP contribution in [0.4, 0.5) is 5.82 Å². The summed E-state index contributed by atoms with van der Waals surface area (Å²) in [5, 5.41) is 18.8. The molecule has 34 heavy (non-hydrogen) atoms. The smallest absolute Gasteiger partial charge is 0.162 e. The molecule has 1 saturated heterocycles. The first kappa shape index (κ1) is 26.5. The Hall–Kier alpha value is -2.15. The molecule has 1 aromatic heterocycles. The molecule has 0 saturated carbocycles. The number of hydrogen-bond donors (Lipinski definition) is 4. The highest BCUT2D eigenvalue weighted by atomic mass is 32.2. The van der Waals surface area contributed by atoms with E-state index >= 15 is 0 Å². The van der Waals surface area contributed by atoms with E-state index in [4.69, 9.17) is 38.5 Å². The van der Waals surface area contributed by atoms with Gasteiger partial charge in [0.05, 0.1) is 30.4 Å². The van der Waals surface area contributed by atoms with Gasteiger partial charge in [0.15, 0.2) is 5.82 Å². The Kier molecular flexibility index (Phi) is 10.2. The van der Waals surface area contributed by atoms with Crippen molar-refractivity contribution in [1.82, 2.24) is 14.3 Å². The van der Waals surface area contributed by atoms with Gasteiger partial charge >= 0.3 is 0 Å². The van der Waals surface area contributed by atoms with E-state index in [2.05, 4.69) is 4.90 Å². The van der Waals surface area contributed by atoms with Crippen molar-refractivity contribution in [3.63, 3.8) is 0 Å². The lowest BCUT2D eigenvalue weighted by atomic mass is 10.0. The summed E-state index contributed by atoms with van der Waals surface area (Å²) >= 11 is 4.73. The monoisotopic (exact) mass is 504 g/mol. The Morgan fingerprint density at radius 3 is 2.74 bits per heavy atom. The van der Waals surface area contributed by atoms with Crippen LogP contribution < -0.4 is 10.6 Å². The summed E-state index contributed by atoms with van der Waals surface area (Å²) in [6.07, 6.45) is 3.77. The number of nitrogens with zero attached hydrogens (tertiary/aromatic N) is 4. The van der Waals surface area contributed by atoms with Gasteiger partial charge in [-0.15, -0.1) is 12.6 Å². The summed E-state index contributed by atoms with van der Waals surface area (Å²) in [5.74, 6) is 1.11. The standard InChI is InChI=1S/C23H32N6O3S2/c1-2-7-29(8-11-30)34(31)14-6-20-21(33)23(28-9-12-32-13-10-28)27-22(26-20)18-5-3-4-17(15-24)19(18)16-25/h3-6,14,16,25,30,33H,2,7-13,15,24H2,1H3/b14-6+,25-16?. The number of hydrogen-bond acceptors (Lipinski definition) is 9. The SMILES string of the molecule is CCCN(CCO)S(=O)/C=C/c1nc(-c2cccc(CN)c2C=N)nc(N2CCOCC2)c1S. The van der Waals surface area contributed by atoms with Crippen LogP contribution in [0.2, 0.25) is 0 Å². The number of nitrogens with one attached hydrogen (secondary N) is 1. The van der Waals surface area contributed by atoms with E-state index in [1.807, 2.05) is 25.1 Å². The van der Waals surface area contributed by atoms with Crippen molar-refractivity contribution in [2.45, 2.75) is 24.8 Å². The van der Waals surface area contributed by atoms with E-state index in [1.54, 1.807) is 15.8 Å². The van der Waals surface area contributed by atoms with Crippen molar-refractivity contribution in [3.8, 4) is 11.4 Å². The van der Waals surface area contributed by atoms with Gasteiger partial charge in [0.25, 0.3) is 0 Å². The molecule has 2 heterocycles. The topological polar surface area (TPSA) is 129 Å². The van der Waals surface area contributed by atoms with Crippen molar-refractivity contribution in [1.29, 1.82) is 5.41 Å². The van der Waals surface area contributed by atoms with Gasteiger partial charge in [-0.25, -0.2) is 18.5 Å². The van der Waals surface area contributed by atoms with Gasteiger partial charge in [-0.05, 0) is 18.1 Å². The maximum absolute atomic E-state index is 12.8. The van der Waals surface area contributed by atoms with Crippen LogP contribution in [0.3, 0.4) is 0 Å². The van der Waals surface area contributed by atoms with Crippen LogP contribution in [-0.4, -0.2) is 75.8 Å². The second-order valence-electron chi connectivity index (χ2n) is 7.66. The normalized spacial score (nSPS) is 15.3. The summed E-state index contributed by atoms with van der Waals surface area (Å²) in [7, 11) is -1.43. The summed E-state index contributed by atoms with van der Waals surface area (Å²) in [4.78, 5) is 12.2. The number of rotatable bonds is 11. The van der Waals surface area contributed by atoms with Gasteiger partial charge in [0.2, 0.25) is 0 Å². The van der Waals surface area contributed by atoms with E-state index in [0.717, 1.165) is 12.0 Å². The van der Waals surface area contributed by atoms with Crippen molar-refractivity contribution >= 4 is 41.7 Å².